The second-order valence-electron chi connectivity index (χ2n) is 5.33. The van der Waals surface area contributed by atoms with Gasteiger partial charge in [-0.3, -0.25) is 0 Å². The summed E-state index contributed by atoms with van der Waals surface area (Å²) in [6, 6.07) is 4.57. The maximum absolute atomic E-state index is 12.7. The molecule has 1 atom stereocenters. The third kappa shape index (κ3) is 4.08. The van der Waals surface area contributed by atoms with E-state index in [2.05, 4.69) is 4.98 Å². The van der Waals surface area contributed by atoms with Crippen molar-refractivity contribution in [3.8, 4) is 5.88 Å². The molecule has 1 aliphatic rings. The Balaban J connectivity index is 1.70. The lowest BCUT2D eigenvalue weighted by Gasteiger charge is -2.16. The highest BCUT2D eigenvalue weighted by Gasteiger charge is 2.35. The molecule has 1 saturated heterocycles. The zero-order chi connectivity index (χ0) is 18.2. The summed E-state index contributed by atoms with van der Waals surface area (Å²) in [5.41, 5.74) is -0.867. The second kappa shape index (κ2) is 6.75. The summed E-state index contributed by atoms with van der Waals surface area (Å²) in [6.45, 7) is 0.247. The molecule has 1 fully saturated rings. The average molecular weight is 413 g/mol. The van der Waals surface area contributed by atoms with Gasteiger partial charge in [0.05, 0.1) is 16.4 Å². The highest BCUT2D eigenvalue weighted by Crippen LogP contribution is 2.32. The van der Waals surface area contributed by atoms with Crippen molar-refractivity contribution in [3.05, 3.63) is 40.4 Å². The Bertz CT molecular complexity index is 870. The third-order valence-electron chi connectivity index (χ3n) is 3.60. The van der Waals surface area contributed by atoms with Crippen molar-refractivity contribution in [2.45, 2.75) is 22.9 Å². The summed E-state index contributed by atoms with van der Waals surface area (Å²) in [4.78, 5) is 3.76. The first-order chi connectivity index (χ1) is 11.7. The van der Waals surface area contributed by atoms with Crippen LogP contribution in [0.1, 0.15) is 12.0 Å². The Kier molecular flexibility index (Phi) is 4.97. The second-order valence-corrected chi connectivity index (χ2v) is 9.21. The fourth-order valence-corrected chi connectivity index (χ4v) is 5.52. The van der Waals surface area contributed by atoms with Crippen molar-refractivity contribution in [3.63, 3.8) is 0 Å². The molecule has 2 aromatic heterocycles. The number of rotatable bonds is 4. The summed E-state index contributed by atoms with van der Waals surface area (Å²) in [5, 5.41) is 0. The van der Waals surface area contributed by atoms with Gasteiger partial charge in [0, 0.05) is 18.8 Å². The molecule has 0 aromatic carbocycles. The van der Waals surface area contributed by atoms with Crippen LogP contribution in [0, 0.1) is 0 Å². The molecule has 0 unspecified atom stereocenters. The van der Waals surface area contributed by atoms with Crippen LogP contribution in [-0.2, 0) is 16.2 Å². The normalized spacial score (nSPS) is 19.3. The number of hydrogen-bond donors (Lipinski definition) is 0. The lowest BCUT2D eigenvalue weighted by Crippen LogP contribution is -2.30. The van der Waals surface area contributed by atoms with Crippen LogP contribution >= 0.6 is 22.9 Å². The van der Waals surface area contributed by atoms with Crippen molar-refractivity contribution in [1.82, 2.24) is 9.29 Å². The third-order valence-corrected chi connectivity index (χ3v) is 7.16. The van der Waals surface area contributed by atoms with Gasteiger partial charge >= 0.3 is 6.18 Å². The molecule has 1 aliphatic heterocycles. The number of thiophene rings is 1. The van der Waals surface area contributed by atoms with E-state index in [0.29, 0.717) is 10.8 Å². The summed E-state index contributed by atoms with van der Waals surface area (Å²) in [7, 11) is -3.69. The summed E-state index contributed by atoms with van der Waals surface area (Å²) >= 11 is 6.72. The molecule has 0 radical (unpaired) electrons. The quantitative estimate of drug-likeness (QED) is 0.769. The first-order valence-corrected chi connectivity index (χ1v) is 9.75. The van der Waals surface area contributed by atoms with E-state index < -0.39 is 27.9 Å². The van der Waals surface area contributed by atoms with Gasteiger partial charge in [0.15, 0.2) is 0 Å². The summed E-state index contributed by atoms with van der Waals surface area (Å²) < 4.78 is 70.3. The molecule has 0 saturated carbocycles. The predicted molar refractivity (Wildman–Crippen MR) is 86.4 cm³/mol. The van der Waals surface area contributed by atoms with Crippen LogP contribution in [0.4, 0.5) is 13.2 Å². The van der Waals surface area contributed by atoms with Crippen LogP contribution in [0.2, 0.25) is 4.34 Å². The van der Waals surface area contributed by atoms with Crippen LogP contribution in [0.5, 0.6) is 5.88 Å². The topological polar surface area (TPSA) is 59.5 Å². The number of hydrogen-bond acceptors (Lipinski definition) is 5. The lowest BCUT2D eigenvalue weighted by atomic mass is 10.2. The Morgan fingerprint density at radius 1 is 1.32 bits per heavy atom. The molecule has 0 N–H and O–H groups in total. The fourth-order valence-electron chi connectivity index (χ4n) is 2.40. The van der Waals surface area contributed by atoms with Crippen LogP contribution in [0.25, 0.3) is 0 Å². The number of sulfonamides is 1. The highest BCUT2D eigenvalue weighted by atomic mass is 35.5. The molecule has 0 aliphatic carbocycles. The molecule has 0 spiro atoms. The maximum Gasteiger partial charge on any atom is 0.416 e. The monoisotopic (exact) mass is 412 g/mol. The van der Waals surface area contributed by atoms with E-state index in [-0.39, 0.29) is 23.2 Å². The first-order valence-electron chi connectivity index (χ1n) is 7.11. The molecule has 25 heavy (non-hydrogen) atoms. The van der Waals surface area contributed by atoms with E-state index in [1.54, 1.807) is 0 Å². The number of pyridine rings is 1. The van der Waals surface area contributed by atoms with E-state index in [1.165, 1.54) is 16.4 Å². The summed E-state index contributed by atoms with van der Waals surface area (Å²) in [6.07, 6.45) is -3.70. The van der Waals surface area contributed by atoms with E-state index >= 15 is 0 Å². The molecule has 0 amide bonds. The fraction of sp³-hybridized carbons (Fsp3) is 0.357. The largest absolute Gasteiger partial charge is 0.473 e. The van der Waals surface area contributed by atoms with Gasteiger partial charge in [0.2, 0.25) is 5.88 Å². The number of alkyl halides is 3. The minimum atomic E-state index is -4.50. The van der Waals surface area contributed by atoms with E-state index in [0.717, 1.165) is 29.7 Å². The molecule has 2 aromatic rings. The lowest BCUT2D eigenvalue weighted by molar-refractivity contribution is -0.137. The Morgan fingerprint density at radius 3 is 2.72 bits per heavy atom. The number of halogens is 4. The molecule has 0 bridgehead atoms. The number of nitrogens with zero attached hydrogens (tertiary/aromatic N) is 2. The molecular weight excluding hydrogens is 401 g/mol. The minimum Gasteiger partial charge on any atom is -0.473 e. The van der Waals surface area contributed by atoms with Gasteiger partial charge < -0.3 is 4.74 Å². The van der Waals surface area contributed by atoms with Gasteiger partial charge in [0.25, 0.3) is 10.0 Å². The molecule has 3 heterocycles. The van der Waals surface area contributed by atoms with Crippen molar-refractivity contribution in [1.29, 1.82) is 0 Å². The molecule has 3 rings (SSSR count). The average Bonchev–Trinajstić information content (AvgIpc) is 3.16. The highest BCUT2D eigenvalue weighted by molar-refractivity contribution is 7.91. The molecule has 5 nitrogen and oxygen atoms in total. The van der Waals surface area contributed by atoms with Crippen LogP contribution in [0.3, 0.4) is 0 Å². The Hall–Kier alpha value is -1.36. The van der Waals surface area contributed by atoms with Gasteiger partial charge in [-0.2, -0.15) is 17.5 Å². The molecular formula is C14H12ClF3N2O3S2. The minimum absolute atomic E-state index is 0.0375. The van der Waals surface area contributed by atoms with E-state index in [9.17, 15) is 21.6 Å². The SMILES string of the molecule is O=S(=O)(c1ccc(Cl)s1)N1CC[C@H](Oc2cc(C(F)(F)F)ccn2)C1. The predicted octanol–water partition coefficient (Wildman–Crippen LogP) is 3.66. The van der Waals surface area contributed by atoms with Crippen LogP contribution < -0.4 is 4.74 Å². The van der Waals surface area contributed by atoms with Crippen molar-refractivity contribution < 1.29 is 26.3 Å². The van der Waals surface area contributed by atoms with Crippen molar-refractivity contribution in [2.24, 2.45) is 0 Å². The Labute approximate surface area is 151 Å². The van der Waals surface area contributed by atoms with Gasteiger partial charge in [-0.25, -0.2) is 13.4 Å². The molecule has 11 heteroatoms. The number of aromatic nitrogens is 1. The van der Waals surface area contributed by atoms with Gasteiger partial charge in [-0.15, -0.1) is 11.3 Å². The van der Waals surface area contributed by atoms with Gasteiger partial charge in [0.1, 0.15) is 10.3 Å². The maximum atomic E-state index is 12.7. The molecule has 136 valence electrons. The summed E-state index contributed by atoms with van der Waals surface area (Å²) in [5.74, 6) is -0.182. The van der Waals surface area contributed by atoms with E-state index in [1.807, 2.05) is 0 Å². The van der Waals surface area contributed by atoms with Gasteiger partial charge in [-0.05, 0) is 24.6 Å². The standard InChI is InChI=1S/C14H12ClF3N2O3S2/c15-11-1-2-13(24-11)25(21,22)20-6-4-10(8-20)23-12-7-9(3-5-19-12)14(16,17)18/h1-3,5,7,10H,4,6,8H2/t10-/m0/s1. The zero-order valence-corrected chi connectivity index (χ0v) is 14.9. The van der Waals surface area contributed by atoms with Crippen LogP contribution in [-0.4, -0.2) is 36.9 Å². The van der Waals surface area contributed by atoms with Crippen LogP contribution in [0.15, 0.2) is 34.7 Å². The number of ether oxygens (including phenoxy) is 1. The smallest absolute Gasteiger partial charge is 0.416 e. The first kappa shape index (κ1) is 18.4. The Morgan fingerprint density at radius 2 is 2.08 bits per heavy atom. The van der Waals surface area contributed by atoms with Crippen molar-refractivity contribution >= 4 is 33.0 Å². The van der Waals surface area contributed by atoms with Crippen molar-refractivity contribution in [2.75, 3.05) is 13.1 Å². The van der Waals surface area contributed by atoms with Gasteiger partial charge in [-0.1, -0.05) is 11.6 Å². The van der Waals surface area contributed by atoms with E-state index in [4.69, 9.17) is 16.3 Å². The zero-order valence-electron chi connectivity index (χ0n) is 12.5.